The summed E-state index contributed by atoms with van der Waals surface area (Å²) in [5.41, 5.74) is 9.23. The van der Waals surface area contributed by atoms with Gasteiger partial charge in [0.2, 0.25) is 0 Å². The fraction of sp³-hybridized carbons (Fsp3) is 0.281. The number of rotatable bonds is 9. The molecule has 45 heavy (non-hydrogen) atoms. The molecule has 2 aromatic carbocycles. The van der Waals surface area contributed by atoms with Crippen LogP contribution in [0.2, 0.25) is 0 Å². The Morgan fingerprint density at radius 2 is 2.07 bits per heavy atom. The van der Waals surface area contributed by atoms with Gasteiger partial charge in [-0.05, 0) is 62.9 Å². The summed E-state index contributed by atoms with van der Waals surface area (Å²) in [7, 11) is 1.34. The first kappa shape index (κ1) is 30.4. The maximum Gasteiger partial charge on any atom is 0.357 e. The number of aromatic nitrogens is 4. The van der Waals surface area contributed by atoms with E-state index in [2.05, 4.69) is 42.6 Å². The lowest BCUT2D eigenvalue weighted by Crippen LogP contribution is -2.21. The standard InChI is InChI=1S/C32H30FN7O3S2/c1-18-20-12-13-23(35-29(20)40-39-28(18)38-32-36-22-8-3-4-9-25(22)45-32)30-37-27(31(41)42-2)26(44-30)10-6-16-43-24-14-11-19(7-5-15-34)17-21(24)33/h3-4,8-9,11,14,17,23H,6,10,12-13,15-16,34H2,1-2H3,(H,35,40)(H,36,38,39). The van der Waals surface area contributed by atoms with Gasteiger partial charge in [-0.2, -0.15) is 0 Å². The number of fused-ring (bicyclic) bond motifs is 2. The molecule has 230 valence electrons. The predicted octanol–water partition coefficient (Wildman–Crippen LogP) is 5.94. The average molecular weight is 644 g/mol. The van der Waals surface area contributed by atoms with Crippen molar-refractivity contribution in [2.75, 3.05) is 30.9 Å². The SMILES string of the molecule is COC(=O)c1nc(C2CCc3c(nnc(Nc4nc5ccccc5s4)c3C)N2)sc1CCCOc1ccc(C#CCN)cc1F. The van der Waals surface area contributed by atoms with Crippen LogP contribution in [0.15, 0.2) is 42.5 Å². The van der Waals surface area contributed by atoms with Crippen molar-refractivity contribution in [2.45, 2.75) is 38.6 Å². The lowest BCUT2D eigenvalue weighted by atomic mass is 9.98. The Kier molecular flexibility index (Phi) is 9.16. The number of ether oxygens (including phenoxy) is 2. The van der Waals surface area contributed by atoms with E-state index < -0.39 is 11.8 Å². The minimum atomic E-state index is -0.494. The van der Waals surface area contributed by atoms with Crippen LogP contribution in [0.4, 0.5) is 21.2 Å². The summed E-state index contributed by atoms with van der Waals surface area (Å²) < 4.78 is 26.2. The number of carbonyl (C=O) groups excluding carboxylic acids is 1. The van der Waals surface area contributed by atoms with Gasteiger partial charge < -0.3 is 25.8 Å². The summed E-state index contributed by atoms with van der Waals surface area (Å²) in [6, 6.07) is 12.4. The number of nitrogens with zero attached hydrogens (tertiary/aromatic N) is 4. The van der Waals surface area contributed by atoms with Crippen molar-refractivity contribution >= 4 is 55.6 Å². The molecular weight excluding hydrogens is 614 g/mol. The number of methoxy groups -OCH3 is 1. The number of aryl methyl sites for hydroxylation is 1. The Balaban J connectivity index is 1.11. The number of nitrogens with one attached hydrogen (secondary N) is 2. The number of thiazole rings is 2. The molecule has 1 unspecified atom stereocenters. The van der Waals surface area contributed by atoms with Gasteiger partial charge in [0.1, 0.15) is 5.01 Å². The molecule has 0 saturated heterocycles. The molecule has 6 rings (SSSR count). The Morgan fingerprint density at radius 3 is 2.87 bits per heavy atom. The van der Waals surface area contributed by atoms with E-state index in [1.54, 1.807) is 23.5 Å². The second-order valence-corrected chi connectivity index (χ2v) is 12.4. The van der Waals surface area contributed by atoms with Crippen LogP contribution in [0.5, 0.6) is 5.75 Å². The molecule has 1 atom stereocenters. The molecule has 0 fully saturated rings. The molecule has 0 bridgehead atoms. The molecule has 0 radical (unpaired) electrons. The number of nitrogens with two attached hydrogens (primary N) is 1. The molecule has 1 aliphatic rings. The first-order valence-electron chi connectivity index (χ1n) is 14.4. The fourth-order valence-electron chi connectivity index (χ4n) is 5.04. The molecule has 10 nitrogen and oxygen atoms in total. The Labute approximate surface area is 267 Å². The zero-order valence-electron chi connectivity index (χ0n) is 24.6. The van der Waals surface area contributed by atoms with Crippen molar-refractivity contribution in [2.24, 2.45) is 5.73 Å². The van der Waals surface area contributed by atoms with Crippen molar-refractivity contribution in [3.05, 3.63) is 80.6 Å². The van der Waals surface area contributed by atoms with Crippen molar-refractivity contribution in [3.63, 3.8) is 0 Å². The zero-order chi connectivity index (χ0) is 31.3. The van der Waals surface area contributed by atoms with E-state index >= 15 is 0 Å². The maximum atomic E-state index is 14.4. The predicted molar refractivity (Wildman–Crippen MR) is 174 cm³/mol. The molecule has 4 heterocycles. The third-order valence-electron chi connectivity index (χ3n) is 7.32. The smallest absolute Gasteiger partial charge is 0.357 e. The van der Waals surface area contributed by atoms with Crippen molar-refractivity contribution in [3.8, 4) is 17.6 Å². The van der Waals surface area contributed by atoms with E-state index in [0.29, 0.717) is 30.0 Å². The van der Waals surface area contributed by atoms with E-state index in [-0.39, 0.29) is 30.6 Å². The highest BCUT2D eigenvalue weighted by Gasteiger charge is 2.28. The summed E-state index contributed by atoms with van der Waals surface area (Å²) in [4.78, 5) is 22.7. The molecule has 5 aromatic rings. The Morgan fingerprint density at radius 1 is 1.20 bits per heavy atom. The molecule has 3 aromatic heterocycles. The number of esters is 1. The number of hydrogen-bond acceptors (Lipinski definition) is 12. The minimum absolute atomic E-state index is 0.136. The normalized spacial score (nSPS) is 13.8. The number of para-hydroxylation sites is 1. The first-order chi connectivity index (χ1) is 21.9. The summed E-state index contributed by atoms with van der Waals surface area (Å²) in [6.07, 6.45) is 2.60. The van der Waals surface area contributed by atoms with Crippen LogP contribution in [0.1, 0.15) is 55.9 Å². The van der Waals surface area contributed by atoms with Crippen LogP contribution in [0, 0.1) is 24.6 Å². The second kappa shape index (κ2) is 13.6. The number of carbonyl (C=O) groups is 1. The average Bonchev–Trinajstić information content (AvgIpc) is 3.67. The van der Waals surface area contributed by atoms with E-state index in [9.17, 15) is 9.18 Å². The number of benzene rings is 2. The molecular formula is C32H30FN7O3S2. The summed E-state index contributed by atoms with van der Waals surface area (Å²) in [5.74, 6) is 6.04. The Bertz CT molecular complexity index is 1900. The lowest BCUT2D eigenvalue weighted by molar-refractivity contribution is 0.0593. The van der Waals surface area contributed by atoms with E-state index in [1.807, 2.05) is 31.2 Å². The van der Waals surface area contributed by atoms with Crippen LogP contribution in [0.3, 0.4) is 0 Å². The van der Waals surface area contributed by atoms with Gasteiger partial charge in [0.25, 0.3) is 0 Å². The van der Waals surface area contributed by atoms with E-state index in [0.717, 1.165) is 49.2 Å². The Hall–Kier alpha value is -4.64. The molecule has 0 saturated carbocycles. The van der Waals surface area contributed by atoms with Gasteiger partial charge in [0.05, 0.1) is 36.5 Å². The topological polar surface area (TPSA) is 137 Å². The van der Waals surface area contributed by atoms with Crippen LogP contribution in [-0.4, -0.2) is 46.4 Å². The first-order valence-corrected chi connectivity index (χ1v) is 16.0. The lowest BCUT2D eigenvalue weighted by Gasteiger charge is -2.26. The molecule has 0 spiro atoms. The molecule has 1 aliphatic heterocycles. The number of halogens is 1. The van der Waals surface area contributed by atoms with Crippen molar-refractivity contribution in [1.29, 1.82) is 0 Å². The van der Waals surface area contributed by atoms with E-state index in [4.69, 9.17) is 15.2 Å². The van der Waals surface area contributed by atoms with Gasteiger partial charge >= 0.3 is 5.97 Å². The van der Waals surface area contributed by atoms with Crippen LogP contribution in [-0.2, 0) is 17.6 Å². The van der Waals surface area contributed by atoms with Gasteiger partial charge in [-0.3, -0.25) is 0 Å². The molecule has 13 heteroatoms. The van der Waals surface area contributed by atoms with Crippen molar-refractivity contribution < 1.29 is 18.7 Å². The van der Waals surface area contributed by atoms with Crippen molar-refractivity contribution in [1.82, 2.24) is 20.2 Å². The summed E-state index contributed by atoms with van der Waals surface area (Å²) in [5, 5.41) is 17.3. The molecule has 0 aliphatic carbocycles. The quantitative estimate of drug-likeness (QED) is 0.101. The van der Waals surface area contributed by atoms with Crippen LogP contribution < -0.4 is 21.1 Å². The number of anilines is 3. The molecule has 0 amide bonds. The third kappa shape index (κ3) is 6.73. The van der Waals surface area contributed by atoms with Gasteiger partial charge in [-0.25, -0.2) is 19.2 Å². The van der Waals surface area contributed by atoms with E-state index in [1.165, 1.54) is 24.5 Å². The number of hydrogen-bond donors (Lipinski definition) is 3. The van der Waals surface area contributed by atoms with Gasteiger partial charge in [-0.15, -0.1) is 21.5 Å². The van der Waals surface area contributed by atoms with Crippen LogP contribution in [0.25, 0.3) is 10.2 Å². The highest BCUT2D eigenvalue weighted by molar-refractivity contribution is 7.22. The van der Waals surface area contributed by atoms with Crippen LogP contribution >= 0.6 is 22.7 Å². The van der Waals surface area contributed by atoms with Gasteiger partial charge in [0.15, 0.2) is 34.0 Å². The summed E-state index contributed by atoms with van der Waals surface area (Å²) >= 11 is 3.03. The monoisotopic (exact) mass is 643 g/mol. The summed E-state index contributed by atoms with van der Waals surface area (Å²) in [6.45, 7) is 2.49. The fourth-order valence-corrected chi connectivity index (χ4v) is 7.09. The molecule has 4 N–H and O–H groups in total. The third-order valence-corrected chi connectivity index (χ3v) is 9.50. The largest absolute Gasteiger partial charge is 0.491 e. The second-order valence-electron chi connectivity index (χ2n) is 10.3. The van der Waals surface area contributed by atoms with Gasteiger partial charge in [-0.1, -0.05) is 35.3 Å². The minimum Gasteiger partial charge on any atom is -0.491 e. The highest BCUT2D eigenvalue weighted by Crippen LogP contribution is 2.38. The maximum absolute atomic E-state index is 14.4. The zero-order valence-corrected chi connectivity index (χ0v) is 26.3. The highest BCUT2D eigenvalue weighted by atomic mass is 32.1. The van der Waals surface area contributed by atoms with Gasteiger partial charge in [0, 0.05) is 21.6 Å².